The maximum absolute atomic E-state index is 13.5. The average Bonchev–Trinajstić information content (AvgIpc) is 2.98. The molecule has 0 bridgehead atoms. The van der Waals surface area contributed by atoms with Crippen LogP contribution in [0.3, 0.4) is 0 Å². The van der Waals surface area contributed by atoms with Crippen molar-refractivity contribution in [1.29, 1.82) is 0 Å². The molecule has 2 aromatic carbocycles. The number of carbonyl (C=O) groups is 1. The third kappa shape index (κ3) is 3.23. The first-order chi connectivity index (χ1) is 12.6. The van der Waals surface area contributed by atoms with Gasteiger partial charge in [-0.3, -0.25) is 4.79 Å². The molecule has 1 amide bonds. The van der Waals surface area contributed by atoms with Gasteiger partial charge in [-0.05, 0) is 42.7 Å². The predicted octanol–water partition coefficient (Wildman–Crippen LogP) is 4.10. The zero-order valence-electron chi connectivity index (χ0n) is 14.2. The van der Waals surface area contributed by atoms with Crippen LogP contribution >= 0.6 is 0 Å². The summed E-state index contributed by atoms with van der Waals surface area (Å²) in [4.78, 5) is 14.5. The SMILES string of the molecule is O=C(c1cc(F)cc(F)c1)N1CCC[C@H]1c1ccc2c(c1)OCCCO2. The number of carbonyl (C=O) groups excluding carboxylic acids is 1. The lowest BCUT2D eigenvalue weighted by molar-refractivity contribution is 0.0734. The van der Waals surface area contributed by atoms with E-state index < -0.39 is 11.6 Å². The summed E-state index contributed by atoms with van der Waals surface area (Å²) in [5.74, 6) is -0.484. The first-order valence-corrected chi connectivity index (χ1v) is 8.78. The van der Waals surface area contributed by atoms with E-state index in [2.05, 4.69) is 0 Å². The number of rotatable bonds is 2. The monoisotopic (exact) mass is 359 g/mol. The third-order valence-electron chi connectivity index (χ3n) is 4.78. The summed E-state index contributed by atoms with van der Waals surface area (Å²) in [5, 5.41) is 0. The Hall–Kier alpha value is -2.63. The van der Waals surface area contributed by atoms with Crippen molar-refractivity contribution in [3.63, 3.8) is 0 Å². The number of benzene rings is 2. The fraction of sp³-hybridized carbons (Fsp3) is 0.350. The number of amides is 1. The maximum atomic E-state index is 13.5. The van der Waals surface area contributed by atoms with Gasteiger partial charge in [0.1, 0.15) is 11.6 Å². The molecule has 2 aromatic rings. The third-order valence-corrected chi connectivity index (χ3v) is 4.78. The Balaban J connectivity index is 1.62. The molecule has 4 nitrogen and oxygen atoms in total. The first-order valence-electron chi connectivity index (χ1n) is 8.78. The summed E-state index contributed by atoms with van der Waals surface area (Å²) in [6.45, 7) is 1.76. The molecule has 26 heavy (non-hydrogen) atoms. The molecule has 2 heterocycles. The van der Waals surface area contributed by atoms with Crippen LogP contribution in [0.25, 0.3) is 0 Å². The van der Waals surface area contributed by atoms with Crippen LogP contribution < -0.4 is 9.47 Å². The van der Waals surface area contributed by atoms with E-state index in [0.717, 1.165) is 43.0 Å². The lowest BCUT2D eigenvalue weighted by Crippen LogP contribution is -2.30. The molecule has 2 aliphatic rings. The lowest BCUT2D eigenvalue weighted by Gasteiger charge is -2.26. The fourth-order valence-electron chi connectivity index (χ4n) is 3.59. The Labute approximate surface area is 150 Å². The van der Waals surface area contributed by atoms with Crippen LogP contribution in [-0.2, 0) is 0 Å². The fourth-order valence-corrected chi connectivity index (χ4v) is 3.59. The summed E-state index contributed by atoms with van der Waals surface area (Å²) in [7, 11) is 0. The Kier molecular flexibility index (Phi) is 4.49. The normalized spacial score (nSPS) is 19.3. The van der Waals surface area contributed by atoms with Crippen molar-refractivity contribution in [3.8, 4) is 11.5 Å². The zero-order valence-corrected chi connectivity index (χ0v) is 14.2. The van der Waals surface area contributed by atoms with E-state index in [-0.39, 0.29) is 17.5 Å². The molecule has 0 saturated carbocycles. The van der Waals surface area contributed by atoms with Gasteiger partial charge in [-0.15, -0.1) is 0 Å². The highest BCUT2D eigenvalue weighted by molar-refractivity contribution is 5.94. The molecule has 0 radical (unpaired) electrons. The van der Waals surface area contributed by atoms with Gasteiger partial charge in [-0.25, -0.2) is 8.78 Å². The van der Waals surface area contributed by atoms with E-state index in [1.807, 2.05) is 18.2 Å². The van der Waals surface area contributed by atoms with E-state index in [0.29, 0.717) is 31.3 Å². The second kappa shape index (κ2) is 6.94. The summed E-state index contributed by atoms with van der Waals surface area (Å²) in [5.41, 5.74) is 0.973. The van der Waals surface area contributed by atoms with Gasteiger partial charge in [0.25, 0.3) is 5.91 Å². The number of fused-ring (bicyclic) bond motifs is 1. The molecule has 0 aliphatic carbocycles. The molecule has 6 heteroatoms. The topological polar surface area (TPSA) is 38.8 Å². The number of likely N-dealkylation sites (tertiary alicyclic amines) is 1. The summed E-state index contributed by atoms with van der Waals surface area (Å²) < 4.78 is 38.3. The van der Waals surface area contributed by atoms with E-state index in [4.69, 9.17) is 9.47 Å². The van der Waals surface area contributed by atoms with Crippen LogP contribution in [0.1, 0.15) is 41.2 Å². The van der Waals surface area contributed by atoms with Crippen molar-refractivity contribution in [3.05, 3.63) is 59.2 Å². The van der Waals surface area contributed by atoms with Crippen molar-refractivity contribution in [2.75, 3.05) is 19.8 Å². The van der Waals surface area contributed by atoms with E-state index in [1.165, 1.54) is 0 Å². The van der Waals surface area contributed by atoms with Gasteiger partial charge in [0.15, 0.2) is 11.5 Å². The molecule has 136 valence electrons. The Morgan fingerprint density at radius 3 is 2.46 bits per heavy atom. The Bertz CT molecular complexity index is 820. The highest BCUT2D eigenvalue weighted by Gasteiger charge is 2.31. The number of nitrogens with zero attached hydrogens (tertiary/aromatic N) is 1. The van der Waals surface area contributed by atoms with Crippen LogP contribution in [0.5, 0.6) is 11.5 Å². The second-order valence-electron chi connectivity index (χ2n) is 6.57. The first kappa shape index (κ1) is 16.8. The highest BCUT2D eigenvalue weighted by atomic mass is 19.1. The van der Waals surface area contributed by atoms with Crippen LogP contribution in [0.15, 0.2) is 36.4 Å². The van der Waals surface area contributed by atoms with Crippen LogP contribution in [-0.4, -0.2) is 30.6 Å². The average molecular weight is 359 g/mol. The standard InChI is InChI=1S/C20H19F2NO3/c21-15-9-14(10-16(22)12-15)20(24)23-6-1-3-17(23)13-4-5-18-19(11-13)26-8-2-7-25-18/h4-5,9-12,17H,1-3,6-8H2/t17-/m0/s1. The van der Waals surface area contributed by atoms with Gasteiger partial charge in [-0.2, -0.15) is 0 Å². The van der Waals surface area contributed by atoms with E-state index >= 15 is 0 Å². The molecular formula is C20H19F2NO3. The Morgan fingerprint density at radius 1 is 0.962 bits per heavy atom. The predicted molar refractivity (Wildman–Crippen MR) is 91.4 cm³/mol. The summed E-state index contributed by atoms with van der Waals surface area (Å²) in [6.07, 6.45) is 2.45. The van der Waals surface area contributed by atoms with E-state index in [1.54, 1.807) is 4.90 Å². The van der Waals surface area contributed by atoms with Crippen LogP contribution in [0.4, 0.5) is 8.78 Å². The van der Waals surface area contributed by atoms with Gasteiger partial charge in [0.2, 0.25) is 0 Å². The van der Waals surface area contributed by atoms with Gasteiger partial charge < -0.3 is 14.4 Å². The largest absolute Gasteiger partial charge is 0.490 e. The van der Waals surface area contributed by atoms with Gasteiger partial charge in [0, 0.05) is 24.6 Å². The Morgan fingerprint density at radius 2 is 1.69 bits per heavy atom. The maximum Gasteiger partial charge on any atom is 0.254 e. The molecule has 0 unspecified atom stereocenters. The number of hydrogen-bond acceptors (Lipinski definition) is 3. The summed E-state index contributed by atoms with van der Waals surface area (Å²) in [6, 6.07) is 8.47. The molecule has 1 fully saturated rings. The molecule has 0 spiro atoms. The van der Waals surface area contributed by atoms with Crippen molar-refractivity contribution in [1.82, 2.24) is 4.90 Å². The smallest absolute Gasteiger partial charge is 0.254 e. The minimum atomic E-state index is -0.750. The van der Waals surface area contributed by atoms with E-state index in [9.17, 15) is 13.6 Å². The van der Waals surface area contributed by atoms with Crippen LogP contribution in [0, 0.1) is 11.6 Å². The van der Waals surface area contributed by atoms with Gasteiger partial charge in [0.05, 0.1) is 19.3 Å². The quantitative estimate of drug-likeness (QED) is 0.810. The molecule has 1 atom stereocenters. The number of halogens is 2. The molecule has 1 saturated heterocycles. The molecule has 4 rings (SSSR count). The molecule has 0 aromatic heterocycles. The minimum Gasteiger partial charge on any atom is -0.490 e. The highest BCUT2D eigenvalue weighted by Crippen LogP contribution is 2.38. The summed E-state index contributed by atoms with van der Waals surface area (Å²) >= 11 is 0. The van der Waals surface area contributed by atoms with Crippen molar-refractivity contribution < 1.29 is 23.0 Å². The number of ether oxygens (including phenoxy) is 2. The lowest BCUT2D eigenvalue weighted by atomic mass is 10.0. The van der Waals surface area contributed by atoms with Gasteiger partial charge in [-0.1, -0.05) is 6.07 Å². The molecule has 0 N–H and O–H groups in total. The van der Waals surface area contributed by atoms with Crippen LogP contribution in [0.2, 0.25) is 0 Å². The van der Waals surface area contributed by atoms with Crippen molar-refractivity contribution in [2.24, 2.45) is 0 Å². The van der Waals surface area contributed by atoms with Gasteiger partial charge >= 0.3 is 0 Å². The second-order valence-corrected chi connectivity index (χ2v) is 6.57. The number of hydrogen-bond donors (Lipinski definition) is 0. The van der Waals surface area contributed by atoms with Crippen molar-refractivity contribution in [2.45, 2.75) is 25.3 Å². The molecular weight excluding hydrogens is 340 g/mol. The minimum absolute atomic E-state index is 0.0312. The zero-order chi connectivity index (χ0) is 18.1. The van der Waals surface area contributed by atoms with Crippen molar-refractivity contribution >= 4 is 5.91 Å². The molecule has 2 aliphatic heterocycles.